The first-order valence-corrected chi connectivity index (χ1v) is 15.7. The third kappa shape index (κ3) is 9.39. The van der Waals surface area contributed by atoms with Gasteiger partial charge in [0.25, 0.3) is 5.69 Å². The van der Waals surface area contributed by atoms with Crippen LogP contribution in [0.2, 0.25) is 0 Å². The summed E-state index contributed by atoms with van der Waals surface area (Å²) in [5.74, 6) is -0.986. The van der Waals surface area contributed by atoms with E-state index in [2.05, 4.69) is 21.2 Å². The Morgan fingerprint density at radius 1 is 1.00 bits per heavy atom. The van der Waals surface area contributed by atoms with Crippen molar-refractivity contribution in [1.29, 1.82) is 0 Å². The van der Waals surface area contributed by atoms with Gasteiger partial charge in [-0.15, -0.1) is 0 Å². The maximum atomic E-state index is 14.0. The average molecular weight is 646 g/mol. The Kier molecular flexibility index (Phi) is 11.4. The third-order valence-corrected chi connectivity index (χ3v) is 7.98. The minimum atomic E-state index is -4.04. The fourth-order valence-electron chi connectivity index (χ4n) is 4.27. The second-order valence-electron chi connectivity index (χ2n) is 9.55. The van der Waals surface area contributed by atoms with Gasteiger partial charge in [0.15, 0.2) is 0 Å². The number of nitro benzene ring substituents is 1. The molecule has 3 rings (SSSR count). The van der Waals surface area contributed by atoms with Crippen LogP contribution < -0.4 is 9.62 Å². The summed E-state index contributed by atoms with van der Waals surface area (Å²) in [5.41, 5.74) is 1.22. The molecule has 0 aliphatic rings. The zero-order chi connectivity index (χ0) is 30.0. The van der Waals surface area contributed by atoms with Crippen LogP contribution in [0.15, 0.2) is 83.3 Å². The summed E-state index contributed by atoms with van der Waals surface area (Å²) >= 11 is 3.44. The standard InChI is InChI=1S/C29H33BrN4O6S/c1-3-4-16-31-29(36)27(18-22-10-6-5-7-11-22)32(20-23-12-8-13-24(30)17-23)28(35)21-33(41(2,39)40)25-14-9-15-26(19-25)34(37)38/h5-15,17,19,27H,3-4,16,18,20-21H2,1-2H3,(H,31,36). The molecule has 0 fully saturated rings. The van der Waals surface area contributed by atoms with Gasteiger partial charge in [-0.1, -0.05) is 77.8 Å². The monoisotopic (exact) mass is 644 g/mol. The van der Waals surface area contributed by atoms with Gasteiger partial charge >= 0.3 is 0 Å². The van der Waals surface area contributed by atoms with Gasteiger partial charge in [0.2, 0.25) is 21.8 Å². The minimum absolute atomic E-state index is 0.0236. The molecule has 3 aromatic carbocycles. The maximum absolute atomic E-state index is 14.0. The number of carbonyl (C=O) groups is 2. The van der Waals surface area contributed by atoms with Crippen LogP contribution in [0, 0.1) is 10.1 Å². The van der Waals surface area contributed by atoms with Crippen molar-refractivity contribution in [1.82, 2.24) is 10.2 Å². The van der Waals surface area contributed by atoms with Gasteiger partial charge in [-0.3, -0.25) is 24.0 Å². The molecule has 12 heteroatoms. The molecule has 0 saturated carbocycles. The number of rotatable bonds is 14. The summed E-state index contributed by atoms with van der Waals surface area (Å²) in [4.78, 5) is 39.7. The number of benzene rings is 3. The predicted molar refractivity (Wildman–Crippen MR) is 162 cm³/mol. The van der Waals surface area contributed by atoms with Crippen LogP contribution in [0.1, 0.15) is 30.9 Å². The van der Waals surface area contributed by atoms with Gasteiger partial charge in [0.05, 0.1) is 16.9 Å². The largest absolute Gasteiger partial charge is 0.354 e. The third-order valence-electron chi connectivity index (χ3n) is 6.35. The normalized spacial score (nSPS) is 11.9. The number of carbonyl (C=O) groups excluding carboxylic acids is 2. The van der Waals surface area contributed by atoms with E-state index in [1.54, 1.807) is 0 Å². The second kappa shape index (κ2) is 14.7. The van der Waals surface area contributed by atoms with E-state index in [9.17, 15) is 28.1 Å². The van der Waals surface area contributed by atoms with Crippen molar-refractivity contribution in [3.63, 3.8) is 0 Å². The van der Waals surface area contributed by atoms with E-state index in [1.807, 2.05) is 61.5 Å². The lowest BCUT2D eigenvalue weighted by molar-refractivity contribution is -0.384. The lowest BCUT2D eigenvalue weighted by atomic mass is 10.0. The van der Waals surface area contributed by atoms with Crippen molar-refractivity contribution in [2.75, 3.05) is 23.7 Å². The molecular formula is C29H33BrN4O6S. The maximum Gasteiger partial charge on any atom is 0.271 e. The number of non-ortho nitro benzene ring substituents is 1. The zero-order valence-corrected chi connectivity index (χ0v) is 25.3. The molecule has 1 atom stereocenters. The SMILES string of the molecule is CCCCNC(=O)C(Cc1ccccc1)N(Cc1cccc(Br)c1)C(=O)CN(c1cccc([N+](=O)[O-])c1)S(C)(=O)=O. The number of halogens is 1. The van der Waals surface area contributed by atoms with Gasteiger partial charge in [-0.05, 0) is 35.7 Å². The molecule has 0 spiro atoms. The molecule has 0 bridgehead atoms. The quantitative estimate of drug-likeness (QED) is 0.154. The summed E-state index contributed by atoms with van der Waals surface area (Å²) in [6.07, 6.45) is 2.76. The number of nitrogens with zero attached hydrogens (tertiary/aromatic N) is 3. The first-order valence-electron chi connectivity index (χ1n) is 13.1. The number of hydrogen-bond acceptors (Lipinski definition) is 6. The van der Waals surface area contributed by atoms with Crippen LogP contribution in [-0.2, 0) is 32.6 Å². The van der Waals surface area contributed by atoms with Gasteiger partial charge in [-0.25, -0.2) is 8.42 Å². The van der Waals surface area contributed by atoms with E-state index in [-0.39, 0.29) is 30.2 Å². The van der Waals surface area contributed by atoms with E-state index in [0.717, 1.165) is 45.1 Å². The lowest BCUT2D eigenvalue weighted by Crippen LogP contribution is -2.53. The van der Waals surface area contributed by atoms with Crippen LogP contribution in [-0.4, -0.2) is 55.4 Å². The number of amides is 2. The van der Waals surface area contributed by atoms with E-state index in [4.69, 9.17) is 0 Å². The molecule has 0 aliphatic heterocycles. The molecule has 0 aliphatic carbocycles. The molecule has 0 saturated heterocycles. The summed E-state index contributed by atoms with van der Waals surface area (Å²) in [6, 6.07) is 20.7. The minimum Gasteiger partial charge on any atom is -0.354 e. The molecule has 0 heterocycles. The van der Waals surface area contributed by atoms with Crippen molar-refractivity contribution >= 4 is 49.1 Å². The molecule has 0 aromatic heterocycles. The Morgan fingerprint density at radius 3 is 2.32 bits per heavy atom. The molecule has 2 amide bonds. The molecule has 10 nitrogen and oxygen atoms in total. The number of hydrogen-bond donors (Lipinski definition) is 1. The van der Waals surface area contributed by atoms with Gasteiger partial charge in [0.1, 0.15) is 12.6 Å². The Hall–Kier alpha value is -3.77. The Labute approximate surface area is 248 Å². The molecule has 3 aromatic rings. The predicted octanol–water partition coefficient (Wildman–Crippen LogP) is 4.68. The van der Waals surface area contributed by atoms with Gasteiger partial charge in [0, 0.05) is 36.1 Å². The number of nitrogens with one attached hydrogen (secondary N) is 1. The van der Waals surface area contributed by atoms with Crippen LogP contribution >= 0.6 is 15.9 Å². The van der Waals surface area contributed by atoms with Crippen LogP contribution in [0.25, 0.3) is 0 Å². The number of anilines is 1. The van der Waals surface area contributed by atoms with Crippen LogP contribution in [0.5, 0.6) is 0 Å². The number of nitro groups is 1. The topological polar surface area (TPSA) is 130 Å². The van der Waals surface area contributed by atoms with Crippen molar-refractivity contribution in [3.8, 4) is 0 Å². The van der Waals surface area contributed by atoms with Crippen molar-refractivity contribution < 1.29 is 22.9 Å². The average Bonchev–Trinajstić information content (AvgIpc) is 2.93. The van der Waals surface area contributed by atoms with Gasteiger partial charge < -0.3 is 10.2 Å². The zero-order valence-electron chi connectivity index (χ0n) is 22.9. The molecule has 1 unspecified atom stereocenters. The Bertz CT molecular complexity index is 1470. The van der Waals surface area contributed by atoms with E-state index in [1.165, 1.54) is 23.1 Å². The highest BCUT2D eigenvalue weighted by atomic mass is 79.9. The lowest BCUT2D eigenvalue weighted by Gasteiger charge is -2.33. The van der Waals surface area contributed by atoms with Crippen molar-refractivity contribution in [3.05, 3.63) is 105 Å². The first kappa shape index (κ1) is 31.8. The van der Waals surface area contributed by atoms with Crippen LogP contribution in [0.3, 0.4) is 0 Å². The highest BCUT2D eigenvalue weighted by Gasteiger charge is 2.33. The first-order chi connectivity index (χ1) is 19.5. The van der Waals surface area contributed by atoms with E-state index < -0.39 is 33.4 Å². The molecule has 218 valence electrons. The van der Waals surface area contributed by atoms with Crippen molar-refractivity contribution in [2.45, 2.75) is 38.8 Å². The van der Waals surface area contributed by atoms with Crippen molar-refractivity contribution in [2.24, 2.45) is 0 Å². The second-order valence-corrected chi connectivity index (χ2v) is 12.4. The van der Waals surface area contributed by atoms with Crippen LogP contribution in [0.4, 0.5) is 11.4 Å². The Balaban J connectivity index is 2.05. The highest BCUT2D eigenvalue weighted by molar-refractivity contribution is 9.10. The summed E-state index contributed by atoms with van der Waals surface area (Å²) in [5, 5.41) is 14.3. The fraction of sp³-hybridized carbons (Fsp3) is 0.310. The summed E-state index contributed by atoms with van der Waals surface area (Å²) in [6.45, 7) is 1.82. The number of sulfonamides is 1. The summed E-state index contributed by atoms with van der Waals surface area (Å²) < 4.78 is 27.3. The van der Waals surface area contributed by atoms with Gasteiger partial charge in [-0.2, -0.15) is 0 Å². The van der Waals surface area contributed by atoms with E-state index >= 15 is 0 Å². The molecule has 41 heavy (non-hydrogen) atoms. The summed E-state index contributed by atoms with van der Waals surface area (Å²) in [7, 11) is -4.04. The molecular weight excluding hydrogens is 612 g/mol. The fourth-order valence-corrected chi connectivity index (χ4v) is 5.56. The molecule has 1 N–H and O–H groups in total. The van der Waals surface area contributed by atoms with E-state index in [0.29, 0.717) is 6.54 Å². The number of unbranched alkanes of at least 4 members (excludes halogenated alkanes) is 1. The molecule has 0 radical (unpaired) electrons. The smallest absolute Gasteiger partial charge is 0.271 e. The Morgan fingerprint density at radius 2 is 1.68 bits per heavy atom. The highest BCUT2D eigenvalue weighted by Crippen LogP contribution is 2.24.